The number of ether oxygens (including phenoxy) is 1. The highest BCUT2D eigenvalue weighted by molar-refractivity contribution is 6.31. The minimum Gasteiger partial charge on any atom is -0.395 e. The molecule has 1 unspecified atom stereocenters. The van der Waals surface area contributed by atoms with Crippen LogP contribution in [-0.4, -0.2) is 59.4 Å². The number of aliphatic hydroxyl groups is 1. The molecule has 0 saturated carbocycles. The van der Waals surface area contributed by atoms with Crippen LogP contribution in [0.3, 0.4) is 0 Å². The lowest BCUT2D eigenvalue weighted by Crippen LogP contribution is -2.24. The second kappa shape index (κ2) is 8.07. The van der Waals surface area contributed by atoms with Crippen LogP contribution in [0.4, 0.5) is 5.82 Å². The van der Waals surface area contributed by atoms with Gasteiger partial charge in [-0.25, -0.2) is 9.97 Å². The Labute approximate surface area is 146 Å². The van der Waals surface area contributed by atoms with Gasteiger partial charge in [0.25, 0.3) is 0 Å². The lowest BCUT2D eigenvalue weighted by atomic mass is 10.2. The zero-order valence-corrected chi connectivity index (χ0v) is 14.6. The van der Waals surface area contributed by atoms with Gasteiger partial charge in [-0.2, -0.15) is 0 Å². The maximum Gasteiger partial charge on any atom is 0.145 e. The van der Waals surface area contributed by atoms with Crippen LogP contribution >= 0.6 is 11.6 Å². The summed E-state index contributed by atoms with van der Waals surface area (Å²) in [6.07, 6.45) is 2.43. The maximum absolute atomic E-state index is 9.06. The molecular weight excluding hydrogens is 328 g/mol. The van der Waals surface area contributed by atoms with Gasteiger partial charge in [-0.1, -0.05) is 11.6 Å². The van der Waals surface area contributed by atoms with E-state index in [0.717, 1.165) is 42.7 Å². The van der Waals surface area contributed by atoms with Crippen molar-refractivity contribution in [2.45, 2.75) is 25.5 Å². The minimum atomic E-state index is 0.111. The van der Waals surface area contributed by atoms with Crippen LogP contribution in [0.5, 0.6) is 0 Å². The fourth-order valence-corrected chi connectivity index (χ4v) is 3.03. The molecule has 6 nitrogen and oxygen atoms in total. The maximum atomic E-state index is 9.06. The second-order valence-electron chi connectivity index (χ2n) is 6.13. The molecule has 0 radical (unpaired) electrons. The molecule has 1 fully saturated rings. The van der Waals surface area contributed by atoms with Crippen molar-refractivity contribution in [3.05, 3.63) is 29.0 Å². The molecule has 1 aliphatic heterocycles. The van der Waals surface area contributed by atoms with Crippen molar-refractivity contribution in [3.63, 3.8) is 0 Å². The highest BCUT2D eigenvalue weighted by Gasteiger charge is 2.16. The molecule has 7 heteroatoms. The molecule has 1 aromatic carbocycles. The van der Waals surface area contributed by atoms with Crippen molar-refractivity contribution in [1.29, 1.82) is 0 Å². The van der Waals surface area contributed by atoms with Gasteiger partial charge in [-0.3, -0.25) is 4.90 Å². The summed E-state index contributed by atoms with van der Waals surface area (Å²) in [5.74, 6) is 1.51. The number of nitrogens with zero attached hydrogens (tertiary/aromatic N) is 3. The quantitative estimate of drug-likeness (QED) is 0.798. The molecule has 2 heterocycles. The fraction of sp³-hybridized carbons (Fsp3) is 0.529. The van der Waals surface area contributed by atoms with Crippen LogP contribution in [0.1, 0.15) is 18.7 Å². The van der Waals surface area contributed by atoms with E-state index in [9.17, 15) is 0 Å². The lowest BCUT2D eigenvalue weighted by Gasteiger charge is -2.17. The number of hydrogen-bond donors (Lipinski definition) is 2. The third-order valence-corrected chi connectivity index (χ3v) is 4.35. The number of likely N-dealkylation sites (N-methyl/N-ethyl adjacent to an activating group) is 1. The Balaban J connectivity index is 1.85. The molecule has 130 valence electrons. The van der Waals surface area contributed by atoms with Crippen molar-refractivity contribution >= 4 is 28.3 Å². The summed E-state index contributed by atoms with van der Waals surface area (Å²) in [5.41, 5.74) is 0.819. The molecule has 0 spiro atoms. The molecule has 1 saturated heterocycles. The monoisotopic (exact) mass is 350 g/mol. The number of nitrogens with one attached hydrogen (secondary N) is 1. The van der Waals surface area contributed by atoms with E-state index in [0.29, 0.717) is 23.9 Å². The van der Waals surface area contributed by atoms with Gasteiger partial charge in [0.05, 0.1) is 24.8 Å². The third kappa shape index (κ3) is 4.33. The first-order valence-corrected chi connectivity index (χ1v) is 8.64. The zero-order valence-electron chi connectivity index (χ0n) is 13.8. The molecule has 0 aliphatic carbocycles. The Bertz CT molecular complexity index is 692. The molecular formula is C17H23ClN4O2. The van der Waals surface area contributed by atoms with Gasteiger partial charge in [0.1, 0.15) is 11.6 Å². The van der Waals surface area contributed by atoms with E-state index in [2.05, 4.69) is 15.3 Å². The summed E-state index contributed by atoms with van der Waals surface area (Å²) in [6.45, 7) is 2.83. The van der Waals surface area contributed by atoms with Crippen LogP contribution in [-0.2, 0) is 11.3 Å². The Morgan fingerprint density at radius 1 is 1.42 bits per heavy atom. The highest BCUT2D eigenvalue weighted by Crippen LogP contribution is 2.24. The molecule has 1 aliphatic rings. The summed E-state index contributed by atoms with van der Waals surface area (Å²) >= 11 is 6.12. The van der Waals surface area contributed by atoms with Gasteiger partial charge in [-0.05, 0) is 38.1 Å². The highest BCUT2D eigenvalue weighted by atomic mass is 35.5. The van der Waals surface area contributed by atoms with Crippen molar-refractivity contribution in [1.82, 2.24) is 14.9 Å². The number of benzene rings is 1. The molecule has 3 rings (SSSR count). The van der Waals surface area contributed by atoms with E-state index in [1.54, 1.807) is 0 Å². The van der Waals surface area contributed by atoms with Gasteiger partial charge in [0.15, 0.2) is 0 Å². The van der Waals surface area contributed by atoms with Crippen molar-refractivity contribution in [2.75, 3.05) is 38.7 Å². The summed E-state index contributed by atoms with van der Waals surface area (Å²) in [5, 5.41) is 14.1. The fourth-order valence-electron chi connectivity index (χ4n) is 2.86. The number of fused-ring (bicyclic) bond motifs is 1. The van der Waals surface area contributed by atoms with E-state index in [1.165, 1.54) is 0 Å². The normalized spacial score (nSPS) is 17.8. The van der Waals surface area contributed by atoms with E-state index >= 15 is 0 Å². The van der Waals surface area contributed by atoms with Crippen molar-refractivity contribution in [3.8, 4) is 0 Å². The first kappa shape index (κ1) is 17.4. The van der Waals surface area contributed by atoms with E-state index in [-0.39, 0.29) is 12.7 Å². The Kier molecular flexibility index (Phi) is 5.84. The van der Waals surface area contributed by atoms with Crippen LogP contribution in [0.15, 0.2) is 18.2 Å². The largest absolute Gasteiger partial charge is 0.395 e. The first-order chi connectivity index (χ1) is 11.7. The van der Waals surface area contributed by atoms with Crippen molar-refractivity contribution < 1.29 is 9.84 Å². The molecule has 2 N–H and O–H groups in total. The van der Waals surface area contributed by atoms with Gasteiger partial charge >= 0.3 is 0 Å². The SMILES string of the molecule is CN(CCO)Cc1nc(NCC2CCCO2)c2ccc(Cl)cc2n1. The predicted molar refractivity (Wildman–Crippen MR) is 95.4 cm³/mol. The average molecular weight is 351 g/mol. The molecule has 1 aromatic heterocycles. The molecule has 0 bridgehead atoms. The van der Waals surface area contributed by atoms with Crippen LogP contribution < -0.4 is 5.32 Å². The first-order valence-electron chi connectivity index (χ1n) is 8.27. The van der Waals surface area contributed by atoms with Crippen LogP contribution in [0, 0.1) is 0 Å². The third-order valence-electron chi connectivity index (χ3n) is 4.12. The van der Waals surface area contributed by atoms with Crippen LogP contribution in [0.2, 0.25) is 5.02 Å². The number of hydrogen-bond acceptors (Lipinski definition) is 6. The van der Waals surface area contributed by atoms with E-state index < -0.39 is 0 Å². The van der Waals surface area contributed by atoms with Gasteiger partial charge < -0.3 is 15.2 Å². The Hall–Kier alpha value is -1.47. The van der Waals surface area contributed by atoms with E-state index in [1.807, 2.05) is 30.1 Å². The smallest absolute Gasteiger partial charge is 0.145 e. The molecule has 1 atom stereocenters. The van der Waals surface area contributed by atoms with E-state index in [4.69, 9.17) is 21.4 Å². The predicted octanol–water partition coefficient (Wildman–Crippen LogP) is 2.30. The topological polar surface area (TPSA) is 70.5 Å². The second-order valence-corrected chi connectivity index (χ2v) is 6.56. The Morgan fingerprint density at radius 2 is 2.29 bits per heavy atom. The Morgan fingerprint density at radius 3 is 3.04 bits per heavy atom. The number of aliphatic hydroxyl groups excluding tert-OH is 1. The minimum absolute atomic E-state index is 0.111. The van der Waals surface area contributed by atoms with Gasteiger partial charge in [0.2, 0.25) is 0 Å². The standard InChI is InChI=1S/C17H23ClN4O2/c1-22(6-7-23)11-16-20-15-9-12(18)4-5-14(15)17(21-16)19-10-13-3-2-8-24-13/h4-5,9,13,23H,2-3,6-8,10-11H2,1H3,(H,19,20,21). The number of halogens is 1. The number of aromatic nitrogens is 2. The zero-order chi connectivity index (χ0) is 16.9. The van der Waals surface area contributed by atoms with Gasteiger partial charge in [0, 0.05) is 30.1 Å². The van der Waals surface area contributed by atoms with Gasteiger partial charge in [-0.15, -0.1) is 0 Å². The summed E-state index contributed by atoms with van der Waals surface area (Å²) in [6, 6.07) is 5.64. The average Bonchev–Trinajstić information content (AvgIpc) is 3.05. The summed E-state index contributed by atoms with van der Waals surface area (Å²) in [7, 11) is 1.93. The number of anilines is 1. The molecule has 2 aromatic rings. The van der Waals surface area contributed by atoms with Crippen molar-refractivity contribution in [2.24, 2.45) is 0 Å². The molecule has 24 heavy (non-hydrogen) atoms. The lowest BCUT2D eigenvalue weighted by molar-refractivity contribution is 0.120. The summed E-state index contributed by atoms with van der Waals surface area (Å²) < 4.78 is 5.67. The number of rotatable bonds is 7. The summed E-state index contributed by atoms with van der Waals surface area (Å²) in [4.78, 5) is 11.3. The van der Waals surface area contributed by atoms with Crippen LogP contribution in [0.25, 0.3) is 10.9 Å². The molecule has 0 amide bonds.